The second kappa shape index (κ2) is 7.98. The number of oxime groups is 1. The highest BCUT2D eigenvalue weighted by molar-refractivity contribution is 7.99. The third-order valence-corrected chi connectivity index (χ3v) is 4.69. The van der Waals surface area contributed by atoms with Gasteiger partial charge in [0.15, 0.2) is 0 Å². The molecule has 0 aliphatic carbocycles. The average Bonchev–Trinajstić information content (AvgIpc) is 3.11. The SMILES string of the molecule is C=CCSc1ccccc1NC(=O)C1CC(c2cccc(F)c2)=NO1. The van der Waals surface area contributed by atoms with E-state index in [2.05, 4.69) is 17.1 Å². The number of nitrogens with zero attached hydrogens (tertiary/aromatic N) is 1. The molecule has 128 valence electrons. The molecule has 0 saturated carbocycles. The Bertz CT molecular complexity index is 823. The highest BCUT2D eigenvalue weighted by Gasteiger charge is 2.29. The highest BCUT2D eigenvalue weighted by atomic mass is 32.2. The number of hydrogen-bond donors (Lipinski definition) is 1. The van der Waals surface area contributed by atoms with Crippen LogP contribution in [0.3, 0.4) is 0 Å². The molecule has 1 N–H and O–H groups in total. The molecule has 0 saturated heterocycles. The van der Waals surface area contributed by atoms with Gasteiger partial charge in [0.1, 0.15) is 5.82 Å². The van der Waals surface area contributed by atoms with Gasteiger partial charge in [-0.3, -0.25) is 4.79 Å². The van der Waals surface area contributed by atoms with Gasteiger partial charge in [0.25, 0.3) is 5.91 Å². The van der Waals surface area contributed by atoms with E-state index in [4.69, 9.17) is 4.84 Å². The van der Waals surface area contributed by atoms with E-state index in [0.717, 1.165) is 16.3 Å². The number of rotatable bonds is 6. The molecule has 1 unspecified atom stereocenters. The van der Waals surface area contributed by atoms with E-state index < -0.39 is 6.10 Å². The normalized spacial score (nSPS) is 16.0. The van der Waals surface area contributed by atoms with Gasteiger partial charge in [-0.1, -0.05) is 35.5 Å². The Balaban J connectivity index is 1.65. The zero-order valence-corrected chi connectivity index (χ0v) is 14.3. The summed E-state index contributed by atoms with van der Waals surface area (Å²) in [5.41, 5.74) is 1.91. The fraction of sp³-hybridized carbons (Fsp3) is 0.158. The second-order valence-electron chi connectivity index (χ2n) is 5.43. The van der Waals surface area contributed by atoms with Crippen molar-refractivity contribution in [2.75, 3.05) is 11.1 Å². The number of para-hydroxylation sites is 1. The molecular weight excluding hydrogens is 339 g/mol. The van der Waals surface area contributed by atoms with Gasteiger partial charge in [-0.2, -0.15) is 0 Å². The van der Waals surface area contributed by atoms with Crippen LogP contribution in [0, 0.1) is 5.82 Å². The highest BCUT2D eigenvalue weighted by Crippen LogP contribution is 2.28. The van der Waals surface area contributed by atoms with Gasteiger partial charge in [0.2, 0.25) is 6.10 Å². The Morgan fingerprint density at radius 3 is 3.00 bits per heavy atom. The standard InChI is InChI=1S/C19H17FN2O2S/c1-2-10-25-18-9-4-3-8-15(18)21-19(23)17-12-16(22-24-17)13-6-5-7-14(20)11-13/h2-9,11,17H,1,10,12H2,(H,21,23). The van der Waals surface area contributed by atoms with Crippen LogP contribution in [0.1, 0.15) is 12.0 Å². The first-order valence-electron chi connectivity index (χ1n) is 7.79. The molecule has 1 amide bonds. The first-order chi connectivity index (χ1) is 12.2. The Labute approximate surface area is 149 Å². The topological polar surface area (TPSA) is 50.7 Å². The van der Waals surface area contributed by atoms with Crippen molar-refractivity contribution in [3.63, 3.8) is 0 Å². The van der Waals surface area contributed by atoms with E-state index in [1.807, 2.05) is 30.3 Å². The van der Waals surface area contributed by atoms with Gasteiger partial charge < -0.3 is 10.2 Å². The molecule has 0 bridgehead atoms. The van der Waals surface area contributed by atoms with Gasteiger partial charge in [-0.15, -0.1) is 18.3 Å². The van der Waals surface area contributed by atoms with Crippen molar-refractivity contribution in [2.45, 2.75) is 17.4 Å². The van der Waals surface area contributed by atoms with Crippen LogP contribution in [-0.4, -0.2) is 23.5 Å². The van der Waals surface area contributed by atoms with E-state index in [0.29, 0.717) is 17.7 Å². The minimum atomic E-state index is -0.726. The lowest BCUT2D eigenvalue weighted by Crippen LogP contribution is -2.28. The first kappa shape index (κ1) is 17.2. The third-order valence-electron chi connectivity index (χ3n) is 3.62. The zero-order valence-electron chi connectivity index (χ0n) is 13.4. The summed E-state index contributed by atoms with van der Waals surface area (Å²) in [5, 5.41) is 6.81. The predicted octanol–water partition coefficient (Wildman–Crippen LogP) is 4.24. The van der Waals surface area contributed by atoms with Crippen LogP contribution in [-0.2, 0) is 9.63 Å². The molecule has 0 radical (unpaired) electrons. The minimum Gasteiger partial charge on any atom is -0.382 e. The van der Waals surface area contributed by atoms with Gasteiger partial charge in [-0.25, -0.2) is 4.39 Å². The third kappa shape index (κ3) is 4.28. The number of amides is 1. The molecule has 4 nitrogen and oxygen atoms in total. The summed E-state index contributed by atoms with van der Waals surface area (Å²) in [5.74, 6) is 0.127. The summed E-state index contributed by atoms with van der Waals surface area (Å²) >= 11 is 1.59. The Morgan fingerprint density at radius 1 is 1.36 bits per heavy atom. The van der Waals surface area contributed by atoms with Crippen LogP contribution in [0.15, 0.2) is 71.2 Å². The van der Waals surface area contributed by atoms with Crippen molar-refractivity contribution >= 4 is 29.1 Å². The fourth-order valence-corrected chi connectivity index (χ4v) is 3.16. The Kier molecular flexibility index (Phi) is 5.50. The van der Waals surface area contributed by atoms with Crippen LogP contribution in [0.25, 0.3) is 0 Å². The van der Waals surface area contributed by atoms with Crippen molar-refractivity contribution < 1.29 is 14.0 Å². The molecule has 25 heavy (non-hydrogen) atoms. The van der Waals surface area contributed by atoms with E-state index in [1.54, 1.807) is 23.9 Å². The van der Waals surface area contributed by atoms with Crippen LogP contribution >= 0.6 is 11.8 Å². The Morgan fingerprint density at radius 2 is 2.20 bits per heavy atom. The van der Waals surface area contributed by atoms with Crippen molar-refractivity contribution in [1.82, 2.24) is 0 Å². The number of halogens is 1. The summed E-state index contributed by atoms with van der Waals surface area (Å²) in [4.78, 5) is 18.7. The van der Waals surface area contributed by atoms with Crippen molar-refractivity contribution in [3.05, 3.63) is 72.6 Å². The second-order valence-corrected chi connectivity index (χ2v) is 6.49. The quantitative estimate of drug-likeness (QED) is 0.622. The van der Waals surface area contributed by atoms with Gasteiger partial charge in [-0.05, 0) is 24.3 Å². The predicted molar refractivity (Wildman–Crippen MR) is 98.4 cm³/mol. The van der Waals surface area contributed by atoms with Crippen LogP contribution in [0.4, 0.5) is 10.1 Å². The number of benzene rings is 2. The molecule has 3 rings (SSSR count). The lowest BCUT2D eigenvalue weighted by Gasteiger charge is -2.12. The van der Waals surface area contributed by atoms with Crippen molar-refractivity contribution in [2.24, 2.45) is 5.16 Å². The lowest BCUT2D eigenvalue weighted by molar-refractivity contribution is -0.125. The number of thioether (sulfide) groups is 1. The number of anilines is 1. The number of hydrogen-bond acceptors (Lipinski definition) is 4. The smallest absolute Gasteiger partial charge is 0.268 e. The van der Waals surface area contributed by atoms with E-state index >= 15 is 0 Å². The van der Waals surface area contributed by atoms with Gasteiger partial charge >= 0.3 is 0 Å². The maximum absolute atomic E-state index is 13.3. The summed E-state index contributed by atoms with van der Waals surface area (Å²) in [7, 11) is 0. The lowest BCUT2D eigenvalue weighted by atomic mass is 10.0. The molecule has 1 heterocycles. The summed E-state index contributed by atoms with van der Waals surface area (Å²) in [6, 6.07) is 13.6. The Hall–Kier alpha value is -2.60. The van der Waals surface area contributed by atoms with E-state index in [1.165, 1.54) is 12.1 Å². The van der Waals surface area contributed by atoms with E-state index in [-0.39, 0.29) is 11.7 Å². The number of carbonyl (C=O) groups is 1. The molecule has 1 aliphatic heterocycles. The van der Waals surface area contributed by atoms with Crippen LogP contribution in [0.5, 0.6) is 0 Å². The number of nitrogens with one attached hydrogen (secondary N) is 1. The van der Waals surface area contributed by atoms with Gasteiger partial charge in [0, 0.05) is 22.6 Å². The molecule has 0 spiro atoms. The fourth-order valence-electron chi connectivity index (χ4n) is 2.41. The maximum atomic E-state index is 13.3. The average molecular weight is 356 g/mol. The molecule has 6 heteroatoms. The van der Waals surface area contributed by atoms with Crippen LogP contribution < -0.4 is 5.32 Å². The zero-order chi connectivity index (χ0) is 17.6. The van der Waals surface area contributed by atoms with Crippen molar-refractivity contribution in [1.29, 1.82) is 0 Å². The summed E-state index contributed by atoms with van der Waals surface area (Å²) in [6.07, 6.45) is 1.38. The molecule has 0 aromatic heterocycles. The largest absolute Gasteiger partial charge is 0.382 e. The molecule has 2 aromatic carbocycles. The summed E-state index contributed by atoms with van der Waals surface area (Å²) in [6.45, 7) is 3.70. The first-order valence-corrected chi connectivity index (χ1v) is 8.78. The van der Waals surface area contributed by atoms with Crippen molar-refractivity contribution in [3.8, 4) is 0 Å². The maximum Gasteiger partial charge on any atom is 0.268 e. The molecule has 2 aromatic rings. The molecule has 1 aliphatic rings. The molecule has 1 atom stereocenters. The molecular formula is C19H17FN2O2S. The monoisotopic (exact) mass is 356 g/mol. The number of carbonyl (C=O) groups excluding carboxylic acids is 1. The molecule has 0 fully saturated rings. The van der Waals surface area contributed by atoms with Gasteiger partial charge in [0.05, 0.1) is 11.4 Å². The van der Waals surface area contributed by atoms with Crippen LogP contribution in [0.2, 0.25) is 0 Å². The minimum absolute atomic E-state index is 0.276. The van der Waals surface area contributed by atoms with E-state index in [9.17, 15) is 9.18 Å². The summed E-state index contributed by atoms with van der Waals surface area (Å²) < 4.78 is 13.3.